The number of hydrogen-bond donors (Lipinski definition) is 0. The number of esters is 1. The molecule has 0 spiro atoms. The van der Waals surface area contributed by atoms with Gasteiger partial charge in [0.2, 0.25) is 0 Å². The Hall–Kier alpha value is -0.620. The average Bonchev–Trinajstić information content (AvgIpc) is 1.98. The lowest BCUT2D eigenvalue weighted by atomic mass is 9.68. The summed E-state index contributed by atoms with van der Waals surface area (Å²) < 4.78 is 31.3. The Kier molecular flexibility index (Phi) is 3.40. The Morgan fingerprint density at radius 3 is 2.40 bits per heavy atom. The summed E-state index contributed by atoms with van der Waals surface area (Å²) in [5.74, 6) is -0.279. The van der Waals surface area contributed by atoms with Crippen molar-refractivity contribution in [2.45, 2.75) is 32.8 Å². The van der Waals surface area contributed by atoms with E-state index in [2.05, 4.69) is 0 Å². The maximum atomic E-state index is 11.4. The lowest BCUT2D eigenvalue weighted by Gasteiger charge is -2.41. The third kappa shape index (κ3) is 3.17. The monoisotopic (exact) mass is 236 g/mol. The molecule has 1 aliphatic rings. The summed E-state index contributed by atoms with van der Waals surface area (Å²) in [4.78, 5) is 11.4. The van der Waals surface area contributed by atoms with E-state index in [0.717, 1.165) is 6.26 Å². The molecule has 0 amide bonds. The standard InChI is InChI=1S/C9H16O5S/c1-4-13-8(10)9(2)5-7(6-9)14-15(3,11)12/h7H,4-6H2,1-3H3. The molecule has 0 heterocycles. The number of rotatable bonds is 4. The molecule has 0 unspecified atom stereocenters. The van der Waals surface area contributed by atoms with Crippen molar-refractivity contribution >= 4 is 16.1 Å². The van der Waals surface area contributed by atoms with Crippen molar-refractivity contribution in [2.24, 2.45) is 5.41 Å². The van der Waals surface area contributed by atoms with E-state index in [9.17, 15) is 13.2 Å². The van der Waals surface area contributed by atoms with Crippen molar-refractivity contribution in [1.82, 2.24) is 0 Å². The van der Waals surface area contributed by atoms with Gasteiger partial charge in [0.25, 0.3) is 10.1 Å². The average molecular weight is 236 g/mol. The highest BCUT2D eigenvalue weighted by Gasteiger charge is 2.49. The van der Waals surface area contributed by atoms with E-state index in [4.69, 9.17) is 8.92 Å². The van der Waals surface area contributed by atoms with Crippen LogP contribution in [0.2, 0.25) is 0 Å². The molecule has 0 aromatic heterocycles. The Morgan fingerprint density at radius 1 is 1.47 bits per heavy atom. The predicted octanol–water partition coefficient (Wildman–Crippen LogP) is 0.694. The molecule has 5 nitrogen and oxygen atoms in total. The first-order valence-electron chi connectivity index (χ1n) is 4.82. The quantitative estimate of drug-likeness (QED) is 0.530. The molecule has 0 radical (unpaired) electrons. The van der Waals surface area contributed by atoms with E-state index >= 15 is 0 Å². The third-order valence-electron chi connectivity index (χ3n) is 2.44. The highest BCUT2D eigenvalue weighted by molar-refractivity contribution is 7.86. The fourth-order valence-corrected chi connectivity index (χ4v) is 2.36. The van der Waals surface area contributed by atoms with Crippen molar-refractivity contribution in [1.29, 1.82) is 0 Å². The summed E-state index contributed by atoms with van der Waals surface area (Å²) in [6.45, 7) is 3.84. The van der Waals surface area contributed by atoms with Gasteiger partial charge in [-0.15, -0.1) is 0 Å². The van der Waals surface area contributed by atoms with Gasteiger partial charge in [-0.25, -0.2) is 0 Å². The van der Waals surface area contributed by atoms with Gasteiger partial charge in [-0.1, -0.05) is 0 Å². The molecule has 0 aliphatic heterocycles. The van der Waals surface area contributed by atoms with Gasteiger partial charge in [0, 0.05) is 0 Å². The number of ether oxygens (including phenoxy) is 1. The number of hydrogen-bond acceptors (Lipinski definition) is 5. The maximum Gasteiger partial charge on any atom is 0.311 e. The molecule has 1 saturated carbocycles. The van der Waals surface area contributed by atoms with Gasteiger partial charge in [0.15, 0.2) is 0 Å². The molecule has 0 saturated heterocycles. The minimum atomic E-state index is -3.42. The van der Waals surface area contributed by atoms with Crippen LogP contribution < -0.4 is 0 Å². The molecule has 15 heavy (non-hydrogen) atoms. The summed E-state index contributed by atoms with van der Waals surface area (Å²) in [7, 11) is -3.42. The SMILES string of the molecule is CCOC(=O)C1(C)CC(OS(C)(=O)=O)C1. The van der Waals surface area contributed by atoms with Gasteiger partial charge >= 0.3 is 5.97 Å². The minimum Gasteiger partial charge on any atom is -0.466 e. The Labute approximate surface area is 89.9 Å². The van der Waals surface area contributed by atoms with E-state index in [1.807, 2.05) is 0 Å². The van der Waals surface area contributed by atoms with Gasteiger partial charge in [0.05, 0.1) is 24.4 Å². The van der Waals surface area contributed by atoms with Crippen LogP contribution in [0.3, 0.4) is 0 Å². The molecule has 6 heteroatoms. The summed E-state index contributed by atoms with van der Waals surface area (Å²) in [6, 6.07) is 0. The van der Waals surface area contributed by atoms with Crippen LogP contribution in [0, 0.1) is 5.41 Å². The molecule has 1 rings (SSSR count). The van der Waals surface area contributed by atoms with E-state index in [0.29, 0.717) is 19.4 Å². The van der Waals surface area contributed by atoms with Gasteiger partial charge in [-0.2, -0.15) is 8.42 Å². The van der Waals surface area contributed by atoms with Crippen LogP contribution in [0.5, 0.6) is 0 Å². The zero-order chi connectivity index (χ0) is 11.7. The minimum absolute atomic E-state index is 0.279. The van der Waals surface area contributed by atoms with Crippen LogP contribution in [0.1, 0.15) is 26.7 Å². The molecule has 88 valence electrons. The van der Waals surface area contributed by atoms with Crippen LogP contribution in [0.25, 0.3) is 0 Å². The molecule has 0 aromatic carbocycles. The molecule has 0 aromatic rings. The summed E-state index contributed by atoms with van der Waals surface area (Å²) in [5, 5.41) is 0. The summed E-state index contributed by atoms with van der Waals surface area (Å²) in [5.41, 5.74) is -0.578. The Balaban J connectivity index is 2.45. The Morgan fingerprint density at radius 2 is 2.00 bits per heavy atom. The molecule has 1 aliphatic carbocycles. The van der Waals surface area contributed by atoms with E-state index in [1.165, 1.54) is 0 Å². The van der Waals surface area contributed by atoms with Gasteiger partial charge in [-0.3, -0.25) is 8.98 Å². The second kappa shape index (κ2) is 4.09. The van der Waals surface area contributed by atoms with Crippen molar-refractivity contribution in [2.75, 3.05) is 12.9 Å². The van der Waals surface area contributed by atoms with Crippen LogP contribution in [0.4, 0.5) is 0 Å². The van der Waals surface area contributed by atoms with Crippen LogP contribution in [-0.2, 0) is 23.8 Å². The van der Waals surface area contributed by atoms with Gasteiger partial charge in [0.1, 0.15) is 0 Å². The molecule has 0 bridgehead atoms. The topological polar surface area (TPSA) is 69.7 Å². The molecular formula is C9H16O5S. The number of carbonyl (C=O) groups excluding carboxylic acids is 1. The lowest BCUT2D eigenvalue weighted by molar-refractivity contribution is -0.165. The first-order valence-corrected chi connectivity index (χ1v) is 6.64. The second-order valence-electron chi connectivity index (χ2n) is 4.11. The van der Waals surface area contributed by atoms with Crippen molar-refractivity contribution in [3.05, 3.63) is 0 Å². The zero-order valence-corrected chi connectivity index (χ0v) is 9.96. The highest BCUT2D eigenvalue weighted by Crippen LogP contribution is 2.43. The van der Waals surface area contributed by atoms with Crippen LogP contribution >= 0.6 is 0 Å². The van der Waals surface area contributed by atoms with Crippen molar-refractivity contribution in [3.63, 3.8) is 0 Å². The maximum absolute atomic E-state index is 11.4. The summed E-state index contributed by atoms with van der Waals surface area (Å²) >= 11 is 0. The fraction of sp³-hybridized carbons (Fsp3) is 0.889. The van der Waals surface area contributed by atoms with E-state index in [1.54, 1.807) is 13.8 Å². The smallest absolute Gasteiger partial charge is 0.311 e. The van der Waals surface area contributed by atoms with Gasteiger partial charge < -0.3 is 4.74 Å². The second-order valence-corrected chi connectivity index (χ2v) is 5.71. The predicted molar refractivity (Wildman–Crippen MR) is 53.7 cm³/mol. The van der Waals surface area contributed by atoms with E-state index in [-0.39, 0.29) is 12.1 Å². The molecule has 0 atom stereocenters. The Bertz CT molecular complexity index is 340. The van der Waals surface area contributed by atoms with Crippen molar-refractivity contribution < 1.29 is 22.1 Å². The molecule has 0 N–H and O–H groups in total. The highest BCUT2D eigenvalue weighted by atomic mass is 32.2. The molecular weight excluding hydrogens is 220 g/mol. The lowest BCUT2D eigenvalue weighted by Crippen LogP contribution is -2.47. The van der Waals surface area contributed by atoms with Gasteiger partial charge in [-0.05, 0) is 26.7 Å². The van der Waals surface area contributed by atoms with Crippen LogP contribution in [0.15, 0.2) is 0 Å². The van der Waals surface area contributed by atoms with Crippen molar-refractivity contribution in [3.8, 4) is 0 Å². The fourth-order valence-electron chi connectivity index (χ4n) is 1.73. The first kappa shape index (κ1) is 12.4. The zero-order valence-electron chi connectivity index (χ0n) is 9.15. The largest absolute Gasteiger partial charge is 0.466 e. The summed E-state index contributed by atoms with van der Waals surface area (Å²) in [6.07, 6.45) is 1.43. The van der Waals surface area contributed by atoms with Crippen LogP contribution in [-0.4, -0.2) is 33.4 Å². The number of carbonyl (C=O) groups is 1. The normalized spacial score (nSPS) is 30.7. The molecule has 1 fully saturated rings. The van der Waals surface area contributed by atoms with E-state index < -0.39 is 15.5 Å². The third-order valence-corrected chi connectivity index (χ3v) is 3.06. The first-order chi connectivity index (χ1) is 6.77.